The largest absolute Gasteiger partial charge is 0.440 e. The monoisotopic (exact) mass is 300 g/mol. The molecule has 0 fully saturated rings. The summed E-state index contributed by atoms with van der Waals surface area (Å²) in [6.45, 7) is 0. The topological polar surface area (TPSA) is 55.1 Å². The molecule has 0 saturated carbocycles. The molecule has 0 aliphatic heterocycles. The molecular weight excluding hydrogens is 295 g/mol. The second-order valence-corrected chi connectivity index (χ2v) is 4.21. The number of rotatable bonds is 2. The smallest absolute Gasteiger partial charge is 0.292 e. The van der Waals surface area contributed by atoms with Gasteiger partial charge in [-0.1, -0.05) is 0 Å². The van der Waals surface area contributed by atoms with E-state index in [1.807, 2.05) is 0 Å². The molecule has 0 radical (unpaired) electrons. The number of hydrogen-bond acceptors (Lipinski definition) is 3. The summed E-state index contributed by atoms with van der Waals surface area (Å²) < 4.78 is 5.80. The third-order valence-corrected chi connectivity index (χ3v) is 2.44. The molecule has 2 aromatic rings. The van der Waals surface area contributed by atoms with Crippen molar-refractivity contribution in [2.45, 2.75) is 0 Å². The molecule has 16 heavy (non-hydrogen) atoms. The van der Waals surface area contributed by atoms with Crippen molar-refractivity contribution in [2.75, 3.05) is 5.32 Å². The van der Waals surface area contributed by atoms with Gasteiger partial charge in [0.25, 0.3) is 5.91 Å². The van der Waals surface area contributed by atoms with E-state index in [-0.39, 0.29) is 16.9 Å². The molecule has 0 aliphatic carbocycles. The Kier molecular flexibility index (Phi) is 3.26. The van der Waals surface area contributed by atoms with E-state index in [0.717, 1.165) is 4.47 Å². The fourth-order valence-electron chi connectivity index (χ4n) is 1.06. The Morgan fingerprint density at radius 3 is 2.75 bits per heavy atom. The minimum atomic E-state index is -0.387. The van der Waals surface area contributed by atoms with Crippen molar-refractivity contribution in [3.8, 4) is 0 Å². The number of amides is 1. The predicted octanol–water partition coefficient (Wildman–Crippen LogP) is 3.34. The van der Waals surface area contributed by atoms with Gasteiger partial charge in [-0.2, -0.15) is 0 Å². The molecule has 0 spiro atoms. The number of furan rings is 1. The number of hydrogen-bond donors (Lipinski definition) is 1. The van der Waals surface area contributed by atoms with Crippen LogP contribution in [0.4, 0.5) is 5.82 Å². The van der Waals surface area contributed by atoms with Crippen LogP contribution in [0, 0.1) is 0 Å². The number of halogens is 2. The van der Waals surface area contributed by atoms with Crippen LogP contribution < -0.4 is 5.32 Å². The van der Waals surface area contributed by atoms with Crippen molar-refractivity contribution in [2.24, 2.45) is 0 Å². The molecule has 2 heterocycles. The summed E-state index contributed by atoms with van der Waals surface area (Å²) in [7, 11) is 0. The highest BCUT2D eigenvalue weighted by atomic mass is 79.9. The van der Waals surface area contributed by atoms with Crippen LogP contribution >= 0.6 is 27.5 Å². The van der Waals surface area contributed by atoms with Gasteiger partial charge in [-0.05, 0) is 51.8 Å². The lowest BCUT2D eigenvalue weighted by Gasteiger charge is -2.01. The zero-order chi connectivity index (χ0) is 11.5. The molecular formula is C10H6BrClN2O2. The molecule has 0 atom stereocenters. The SMILES string of the molecule is O=C(Nc1ccc(Br)cn1)c1ccc(Cl)o1. The third-order valence-electron chi connectivity index (χ3n) is 1.77. The van der Waals surface area contributed by atoms with Crippen LogP contribution in [0.15, 0.2) is 39.4 Å². The number of pyridine rings is 1. The van der Waals surface area contributed by atoms with E-state index in [1.165, 1.54) is 12.1 Å². The summed E-state index contributed by atoms with van der Waals surface area (Å²) >= 11 is 8.81. The molecule has 0 aliphatic rings. The van der Waals surface area contributed by atoms with Crippen molar-refractivity contribution >= 4 is 39.3 Å². The van der Waals surface area contributed by atoms with Crippen molar-refractivity contribution in [1.82, 2.24) is 4.98 Å². The minimum absolute atomic E-state index is 0.148. The van der Waals surface area contributed by atoms with E-state index in [4.69, 9.17) is 16.0 Å². The van der Waals surface area contributed by atoms with Crippen LogP contribution in [0.5, 0.6) is 0 Å². The van der Waals surface area contributed by atoms with Gasteiger partial charge < -0.3 is 9.73 Å². The fraction of sp³-hybridized carbons (Fsp3) is 0. The average molecular weight is 302 g/mol. The van der Waals surface area contributed by atoms with E-state index in [0.29, 0.717) is 5.82 Å². The number of aromatic nitrogens is 1. The maximum atomic E-state index is 11.6. The van der Waals surface area contributed by atoms with Crippen molar-refractivity contribution in [1.29, 1.82) is 0 Å². The molecule has 0 unspecified atom stereocenters. The highest BCUT2D eigenvalue weighted by Gasteiger charge is 2.10. The Hall–Kier alpha value is -1.33. The molecule has 1 N–H and O–H groups in total. The van der Waals surface area contributed by atoms with Gasteiger partial charge in [-0.15, -0.1) is 0 Å². The Morgan fingerprint density at radius 2 is 2.19 bits per heavy atom. The van der Waals surface area contributed by atoms with Gasteiger partial charge in [0.15, 0.2) is 11.0 Å². The molecule has 0 bridgehead atoms. The normalized spacial score (nSPS) is 10.1. The maximum Gasteiger partial charge on any atom is 0.292 e. The molecule has 1 amide bonds. The molecule has 2 rings (SSSR count). The van der Waals surface area contributed by atoms with Crippen molar-refractivity contribution in [3.63, 3.8) is 0 Å². The second-order valence-electron chi connectivity index (χ2n) is 2.92. The Labute approximate surface area is 105 Å². The van der Waals surface area contributed by atoms with Gasteiger partial charge in [0.05, 0.1) is 0 Å². The lowest BCUT2D eigenvalue weighted by atomic mass is 10.4. The Bertz CT molecular complexity index is 510. The van der Waals surface area contributed by atoms with Crippen LogP contribution in [0.2, 0.25) is 5.22 Å². The zero-order valence-corrected chi connectivity index (χ0v) is 10.2. The first-order valence-electron chi connectivity index (χ1n) is 4.33. The highest BCUT2D eigenvalue weighted by Crippen LogP contribution is 2.15. The van der Waals surface area contributed by atoms with Gasteiger partial charge in [-0.25, -0.2) is 4.98 Å². The van der Waals surface area contributed by atoms with Crippen LogP contribution in [0.3, 0.4) is 0 Å². The number of nitrogens with one attached hydrogen (secondary N) is 1. The summed E-state index contributed by atoms with van der Waals surface area (Å²) in [5.74, 6) is 0.206. The Morgan fingerprint density at radius 1 is 1.38 bits per heavy atom. The summed E-state index contributed by atoms with van der Waals surface area (Å²) in [5, 5.41) is 2.75. The number of carbonyl (C=O) groups excluding carboxylic acids is 1. The zero-order valence-electron chi connectivity index (χ0n) is 7.91. The van der Waals surface area contributed by atoms with Gasteiger partial charge >= 0.3 is 0 Å². The quantitative estimate of drug-likeness (QED) is 0.925. The summed E-state index contributed by atoms with van der Waals surface area (Å²) in [6.07, 6.45) is 1.59. The van der Waals surface area contributed by atoms with Crippen LogP contribution in [0.1, 0.15) is 10.6 Å². The van der Waals surface area contributed by atoms with Gasteiger partial charge in [-0.3, -0.25) is 4.79 Å². The number of nitrogens with zero attached hydrogens (tertiary/aromatic N) is 1. The molecule has 0 saturated heterocycles. The molecule has 82 valence electrons. The van der Waals surface area contributed by atoms with Crippen LogP contribution in [0.25, 0.3) is 0 Å². The first-order valence-corrected chi connectivity index (χ1v) is 5.50. The van der Waals surface area contributed by atoms with E-state index in [9.17, 15) is 4.79 Å². The minimum Gasteiger partial charge on any atom is -0.440 e. The molecule has 6 heteroatoms. The van der Waals surface area contributed by atoms with Gasteiger partial charge in [0, 0.05) is 10.7 Å². The van der Waals surface area contributed by atoms with Gasteiger partial charge in [0.2, 0.25) is 0 Å². The maximum absolute atomic E-state index is 11.6. The van der Waals surface area contributed by atoms with Crippen LogP contribution in [-0.4, -0.2) is 10.9 Å². The van der Waals surface area contributed by atoms with E-state index in [1.54, 1.807) is 18.3 Å². The predicted molar refractivity (Wildman–Crippen MR) is 63.6 cm³/mol. The first-order chi connectivity index (χ1) is 7.65. The van der Waals surface area contributed by atoms with E-state index in [2.05, 4.69) is 26.2 Å². The van der Waals surface area contributed by atoms with E-state index >= 15 is 0 Å². The lowest BCUT2D eigenvalue weighted by Crippen LogP contribution is -2.11. The fourth-order valence-corrected chi connectivity index (χ4v) is 1.44. The first kappa shape index (κ1) is 11.2. The van der Waals surface area contributed by atoms with Crippen LogP contribution in [-0.2, 0) is 0 Å². The van der Waals surface area contributed by atoms with Gasteiger partial charge in [0.1, 0.15) is 5.82 Å². The molecule has 4 nitrogen and oxygen atoms in total. The standard InChI is InChI=1S/C10H6BrClN2O2/c11-6-1-4-9(13-5-6)14-10(15)7-2-3-8(12)16-7/h1-5H,(H,13,14,15). The number of carbonyl (C=O) groups is 1. The summed E-state index contributed by atoms with van der Waals surface area (Å²) in [6, 6.07) is 6.45. The summed E-state index contributed by atoms with van der Waals surface area (Å²) in [4.78, 5) is 15.6. The summed E-state index contributed by atoms with van der Waals surface area (Å²) in [5.41, 5.74) is 0. The van der Waals surface area contributed by atoms with Crippen molar-refractivity contribution in [3.05, 3.63) is 45.9 Å². The molecule has 0 aromatic carbocycles. The lowest BCUT2D eigenvalue weighted by molar-refractivity contribution is 0.0996. The second kappa shape index (κ2) is 4.67. The van der Waals surface area contributed by atoms with E-state index < -0.39 is 0 Å². The number of anilines is 1. The highest BCUT2D eigenvalue weighted by molar-refractivity contribution is 9.10. The average Bonchev–Trinajstić information content (AvgIpc) is 2.68. The van der Waals surface area contributed by atoms with Crippen molar-refractivity contribution < 1.29 is 9.21 Å². The third kappa shape index (κ3) is 2.62. The molecule has 2 aromatic heterocycles. The Balaban J connectivity index is 2.10.